The fourth-order valence-corrected chi connectivity index (χ4v) is 1.90. The normalized spacial score (nSPS) is 10.5. The third kappa shape index (κ3) is 3.39. The zero-order valence-corrected chi connectivity index (χ0v) is 13.6. The van der Waals surface area contributed by atoms with Crippen LogP contribution >= 0.6 is 0 Å². The first-order valence-electron chi connectivity index (χ1n) is 6.89. The Bertz CT molecular complexity index is 780. The molecule has 0 aliphatic carbocycles. The average Bonchev–Trinajstić information content (AvgIpc) is 2.52. The summed E-state index contributed by atoms with van der Waals surface area (Å²) in [5, 5.41) is 2.41. The van der Waals surface area contributed by atoms with Crippen molar-refractivity contribution >= 4 is 23.4 Å². The van der Waals surface area contributed by atoms with Gasteiger partial charge in [-0.2, -0.15) is 4.98 Å². The molecule has 1 aromatic carbocycles. The van der Waals surface area contributed by atoms with E-state index in [4.69, 9.17) is 0 Å². The Balaban J connectivity index is 2.37. The number of carbonyl (C=O) groups is 1. The molecule has 1 N–H and O–H groups in total. The van der Waals surface area contributed by atoms with E-state index in [0.717, 1.165) is 6.07 Å². The summed E-state index contributed by atoms with van der Waals surface area (Å²) in [5.41, 5.74) is -0.407. The van der Waals surface area contributed by atoms with Crippen LogP contribution in [0.4, 0.5) is 30.6 Å². The predicted octanol–water partition coefficient (Wildman–Crippen LogP) is 2.28. The second-order valence-corrected chi connectivity index (χ2v) is 5.37. The molecule has 0 fully saturated rings. The van der Waals surface area contributed by atoms with E-state index in [1.165, 1.54) is 6.20 Å². The number of amides is 1. The van der Waals surface area contributed by atoms with E-state index < -0.39 is 28.9 Å². The van der Waals surface area contributed by atoms with Crippen LogP contribution in [0.3, 0.4) is 0 Å². The SMILES string of the molecule is CN(C)c1ncc(NC(=O)c2ccc(F)c(F)c2F)c(N(C)C)n1. The van der Waals surface area contributed by atoms with E-state index in [1.54, 1.807) is 38.0 Å². The minimum atomic E-state index is -1.70. The number of hydrogen-bond donors (Lipinski definition) is 1. The van der Waals surface area contributed by atoms with Gasteiger partial charge in [0.15, 0.2) is 23.3 Å². The maximum Gasteiger partial charge on any atom is 0.258 e. The highest BCUT2D eigenvalue weighted by molar-refractivity contribution is 6.05. The minimum Gasteiger partial charge on any atom is -0.361 e. The standard InChI is InChI=1S/C15H16F3N5O/c1-22(2)13-10(7-19-15(21-13)23(3)4)20-14(24)8-5-6-9(16)12(18)11(8)17/h5-7H,1-4H3,(H,20,24). The summed E-state index contributed by atoms with van der Waals surface area (Å²) in [7, 11) is 6.92. The van der Waals surface area contributed by atoms with Gasteiger partial charge in [-0.25, -0.2) is 18.2 Å². The third-order valence-electron chi connectivity index (χ3n) is 3.11. The first kappa shape index (κ1) is 17.5. The molecule has 2 rings (SSSR count). The number of anilines is 3. The Morgan fingerprint density at radius 1 is 1.04 bits per heavy atom. The highest BCUT2D eigenvalue weighted by Gasteiger charge is 2.20. The van der Waals surface area contributed by atoms with E-state index in [2.05, 4.69) is 15.3 Å². The maximum atomic E-state index is 13.7. The summed E-state index contributed by atoms with van der Waals surface area (Å²) in [5.74, 6) is -4.76. The zero-order chi connectivity index (χ0) is 18.0. The van der Waals surface area contributed by atoms with Crippen LogP contribution in [-0.4, -0.2) is 44.1 Å². The van der Waals surface area contributed by atoms with Crippen molar-refractivity contribution in [2.45, 2.75) is 0 Å². The summed E-state index contributed by atoms with van der Waals surface area (Å²) in [6.45, 7) is 0. The van der Waals surface area contributed by atoms with Crippen LogP contribution in [0.2, 0.25) is 0 Å². The van der Waals surface area contributed by atoms with Crippen molar-refractivity contribution in [3.05, 3.63) is 41.3 Å². The highest BCUT2D eigenvalue weighted by atomic mass is 19.2. The molecule has 1 aromatic heterocycles. The molecule has 0 unspecified atom stereocenters. The van der Waals surface area contributed by atoms with Gasteiger partial charge in [0, 0.05) is 28.2 Å². The molecule has 2 aromatic rings. The predicted molar refractivity (Wildman–Crippen MR) is 85.0 cm³/mol. The number of nitrogens with one attached hydrogen (secondary N) is 1. The summed E-state index contributed by atoms with van der Waals surface area (Å²) in [6, 6.07) is 1.55. The number of aromatic nitrogens is 2. The van der Waals surface area contributed by atoms with Gasteiger partial charge < -0.3 is 15.1 Å². The van der Waals surface area contributed by atoms with E-state index in [9.17, 15) is 18.0 Å². The first-order valence-corrected chi connectivity index (χ1v) is 6.89. The smallest absolute Gasteiger partial charge is 0.258 e. The van der Waals surface area contributed by atoms with Crippen molar-refractivity contribution in [3.63, 3.8) is 0 Å². The van der Waals surface area contributed by atoms with Gasteiger partial charge in [0.25, 0.3) is 5.91 Å². The quantitative estimate of drug-likeness (QED) is 0.866. The Morgan fingerprint density at radius 2 is 1.71 bits per heavy atom. The average molecular weight is 339 g/mol. The lowest BCUT2D eigenvalue weighted by Gasteiger charge is -2.19. The van der Waals surface area contributed by atoms with Gasteiger partial charge in [-0.15, -0.1) is 0 Å². The summed E-state index contributed by atoms with van der Waals surface area (Å²) >= 11 is 0. The first-order chi connectivity index (χ1) is 11.2. The van der Waals surface area contributed by atoms with Crippen LogP contribution in [0.1, 0.15) is 10.4 Å². The van der Waals surface area contributed by atoms with Crippen LogP contribution in [0.15, 0.2) is 18.3 Å². The number of carbonyl (C=O) groups excluding carboxylic acids is 1. The molecule has 0 radical (unpaired) electrons. The Hall–Kier alpha value is -2.84. The van der Waals surface area contributed by atoms with Crippen LogP contribution in [0.25, 0.3) is 0 Å². The van der Waals surface area contributed by atoms with Crippen molar-refractivity contribution in [2.24, 2.45) is 0 Å². The lowest BCUT2D eigenvalue weighted by Crippen LogP contribution is -2.21. The van der Waals surface area contributed by atoms with Crippen LogP contribution in [0, 0.1) is 17.5 Å². The Kier molecular flexibility index (Phi) is 4.91. The van der Waals surface area contributed by atoms with Crippen molar-refractivity contribution in [2.75, 3.05) is 43.3 Å². The van der Waals surface area contributed by atoms with Crippen LogP contribution in [-0.2, 0) is 0 Å². The van der Waals surface area contributed by atoms with E-state index in [-0.39, 0.29) is 5.69 Å². The molecule has 0 saturated carbocycles. The van der Waals surface area contributed by atoms with E-state index in [0.29, 0.717) is 17.8 Å². The monoisotopic (exact) mass is 339 g/mol. The number of halogens is 3. The largest absolute Gasteiger partial charge is 0.361 e. The van der Waals surface area contributed by atoms with Gasteiger partial charge in [-0.3, -0.25) is 4.79 Å². The molecule has 6 nitrogen and oxygen atoms in total. The fourth-order valence-electron chi connectivity index (χ4n) is 1.90. The molecule has 1 heterocycles. The van der Waals surface area contributed by atoms with Crippen molar-refractivity contribution in [3.8, 4) is 0 Å². The Labute approximate surface area is 136 Å². The molecule has 0 bridgehead atoms. The molecule has 24 heavy (non-hydrogen) atoms. The molecule has 128 valence electrons. The molecular formula is C15H16F3N5O. The summed E-state index contributed by atoms with van der Waals surface area (Å²) in [6.07, 6.45) is 1.35. The van der Waals surface area contributed by atoms with Gasteiger partial charge >= 0.3 is 0 Å². The van der Waals surface area contributed by atoms with Crippen molar-refractivity contribution in [1.29, 1.82) is 0 Å². The maximum absolute atomic E-state index is 13.7. The molecule has 1 amide bonds. The lowest BCUT2D eigenvalue weighted by atomic mass is 10.2. The summed E-state index contributed by atoms with van der Waals surface area (Å²) in [4.78, 5) is 23.8. The molecule has 0 aliphatic heterocycles. The van der Waals surface area contributed by atoms with Gasteiger partial charge in [-0.1, -0.05) is 0 Å². The summed E-state index contributed by atoms with van der Waals surface area (Å²) < 4.78 is 40.0. The second kappa shape index (κ2) is 6.73. The number of rotatable bonds is 4. The molecule has 0 aliphatic rings. The zero-order valence-electron chi connectivity index (χ0n) is 13.6. The Morgan fingerprint density at radius 3 is 2.29 bits per heavy atom. The molecule has 0 spiro atoms. The number of benzene rings is 1. The number of hydrogen-bond acceptors (Lipinski definition) is 5. The van der Waals surface area contributed by atoms with Gasteiger partial charge in [0.1, 0.15) is 5.69 Å². The molecule has 9 heteroatoms. The highest BCUT2D eigenvalue weighted by Crippen LogP contribution is 2.24. The lowest BCUT2D eigenvalue weighted by molar-refractivity contribution is 0.102. The topological polar surface area (TPSA) is 61.4 Å². The number of nitrogens with zero attached hydrogens (tertiary/aromatic N) is 4. The molecular weight excluding hydrogens is 323 g/mol. The minimum absolute atomic E-state index is 0.208. The van der Waals surface area contributed by atoms with Crippen LogP contribution < -0.4 is 15.1 Å². The molecule has 0 saturated heterocycles. The molecule has 0 atom stereocenters. The van der Waals surface area contributed by atoms with Gasteiger partial charge in [0.05, 0.1) is 11.8 Å². The van der Waals surface area contributed by atoms with Crippen molar-refractivity contribution < 1.29 is 18.0 Å². The van der Waals surface area contributed by atoms with Gasteiger partial charge in [0.2, 0.25) is 5.95 Å². The van der Waals surface area contributed by atoms with Gasteiger partial charge in [-0.05, 0) is 12.1 Å². The fraction of sp³-hybridized carbons (Fsp3) is 0.267. The van der Waals surface area contributed by atoms with E-state index in [1.807, 2.05) is 0 Å². The second-order valence-electron chi connectivity index (χ2n) is 5.37. The third-order valence-corrected chi connectivity index (χ3v) is 3.11. The van der Waals surface area contributed by atoms with Crippen LogP contribution in [0.5, 0.6) is 0 Å². The van der Waals surface area contributed by atoms with Crippen molar-refractivity contribution in [1.82, 2.24) is 9.97 Å². The van der Waals surface area contributed by atoms with E-state index >= 15 is 0 Å².